The number of rotatable bonds is 7. The highest BCUT2D eigenvalue weighted by molar-refractivity contribution is 6.30. The second-order valence-corrected chi connectivity index (χ2v) is 6.34. The fraction of sp³-hybridized carbons (Fsp3) is 0.263. The van der Waals surface area contributed by atoms with Gasteiger partial charge in [0.25, 0.3) is 0 Å². The fourth-order valence-electron chi connectivity index (χ4n) is 2.44. The number of nitrogens with one attached hydrogen (secondary N) is 2. The maximum atomic E-state index is 5.98. The highest BCUT2D eigenvalue weighted by atomic mass is 35.5. The molecule has 2 N–H and O–H groups in total. The van der Waals surface area contributed by atoms with Gasteiger partial charge in [-0.3, -0.25) is 5.10 Å². The Hall–Kier alpha value is -2.37. The van der Waals surface area contributed by atoms with Crippen LogP contribution in [0.1, 0.15) is 35.7 Å². The van der Waals surface area contributed by atoms with Crippen LogP contribution in [0.2, 0.25) is 5.02 Å². The first-order chi connectivity index (χ1) is 12.1. The lowest BCUT2D eigenvalue weighted by Gasteiger charge is -2.14. The molecule has 0 fully saturated rings. The van der Waals surface area contributed by atoms with Crippen LogP contribution in [-0.2, 0) is 13.2 Å². The molecule has 6 heteroatoms. The van der Waals surface area contributed by atoms with Gasteiger partial charge in [-0.15, -0.1) is 0 Å². The van der Waals surface area contributed by atoms with Gasteiger partial charge < -0.3 is 10.1 Å². The van der Waals surface area contributed by atoms with E-state index in [0.29, 0.717) is 13.2 Å². The van der Waals surface area contributed by atoms with Gasteiger partial charge in [-0.05, 0) is 37.6 Å². The molecule has 1 atom stereocenters. The molecule has 0 aliphatic rings. The van der Waals surface area contributed by atoms with Crippen molar-refractivity contribution in [1.82, 2.24) is 20.5 Å². The highest BCUT2D eigenvalue weighted by Gasteiger charge is 2.11. The van der Waals surface area contributed by atoms with E-state index in [4.69, 9.17) is 16.3 Å². The molecule has 0 aliphatic heterocycles. The lowest BCUT2D eigenvalue weighted by Crippen LogP contribution is -2.19. The van der Waals surface area contributed by atoms with Crippen molar-refractivity contribution in [1.29, 1.82) is 0 Å². The summed E-state index contributed by atoms with van der Waals surface area (Å²) in [5, 5.41) is 11.2. The summed E-state index contributed by atoms with van der Waals surface area (Å²) in [5.41, 5.74) is 2.17. The van der Waals surface area contributed by atoms with Crippen LogP contribution >= 0.6 is 11.6 Å². The third kappa shape index (κ3) is 4.81. The molecule has 130 valence electrons. The molecule has 5 nitrogen and oxygen atoms in total. The van der Waals surface area contributed by atoms with E-state index in [1.165, 1.54) is 0 Å². The van der Waals surface area contributed by atoms with Gasteiger partial charge in [0.05, 0.1) is 6.04 Å². The number of hydrogen-bond acceptors (Lipinski definition) is 4. The topological polar surface area (TPSA) is 62.8 Å². The zero-order valence-corrected chi connectivity index (χ0v) is 15.0. The minimum atomic E-state index is 0.0503. The predicted octanol–water partition coefficient (Wildman–Crippen LogP) is 4.20. The van der Waals surface area contributed by atoms with Crippen molar-refractivity contribution < 1.29 is 4.74 Å². The predicted molar refractivity (Wildman–Crippen MR) is 98.6 cm³/mol. The summed E-state index contributed by atoms with van der Waals surface area (Å²) in [5.74, 6) is 2.44. The summed E-state index contributed by atoms with van der Waals surface area (Å²) in [7, 11) is 0. The van der Waals surface area contributed by atoms with Gasteiger partial charge in [0.1, 0.15) is 18.2 Å². The molecule has 2 aromatic carbocycles. The summed E-state index contributed by atoms with van der Waals surface area (Å²) in [4.78, 5) is 4.36. The van der Waals surface area contributed by atoms with Crippen molar-refractivity contribution in [2.45, 2.75) is 33.0 Å². The van der Waals surface area contributed by atoms with E-state index in [0.717, 1.165) is 33.5 Å². The highest BCUT2D eigenvalue weighted by Crippen LogP contribution is 2.21. The van der Waals surface area contributed by atoms with Crippen LogP contribution in [0.15, 0.2) is 48.5 Å². The van der Waals surface area contributed by atoms with E-state index in [9.17, 15) is 0 Å². The van der Waals surface area contributed by atoms with Gasteiger partial charge in [0, 0.05) is 17.1 Å². The number of para-hydroxylation sites is 1. The molecule has 0 amide bonds. The number of nitrogens with zero attached hydrogens (tertiary/aromatic N) is 2. The Kier molecular flexibility index (Phi) is 5.68. The van der Waals surface area contributed by atoms with E-state index in [1.807, 2.05) is 56.3 Å². The molecule has 3 rings (SSSR count). The van der Waals surface area contributed by atoms with E-state index >= 15 is 0 Å². The number of halogens is 1. The Morgan fingerprint density at radius 2 is 1.92 bits per heavy atom. The summed E-state index contributed by atoms with van der Waals surface area (Å²) >= 11 is 5.92. The minimum absolute atomic E-state index is 0.0503. The maximum Gasteiger partial charge on any atom is 0.167 e. The second-order valence-electron chi connectivity index (χ2n) is 5.90. The average molecular weight is 357 g/mol. The quantitative estimate of drug-likeness (QED) is 0.666. The zero-order chi connectivity index (χ0) is 17.6. The third-order valence-corrected chi connectivity index (χ3v) is 4.13. The average Bonchev–Trinajstić information content (AvgIpc) is 3.06. The molecular weight excluding hydrogens is 336 g/mol. The van der Waals surface area contributed by atoms with Gasteiger partial charge >= 0.3 is 0 Å². The molecule has 0 radical (unpaired) electrons. The summed E-state index contributed by atoms with van der Waals surface area (Å²) in [6.45, 7) is 5.11. The number of aromatic amines is 1. The molecule has 3 aromatic rings. The maximum absolute atomic E-state index is 5.98. The van der Waals surface area contributed by atoms with E-state index in [-0.39, 0.29) is 6.04 Å². The Bertz CT molecular complexity index is 816. The van der Waals surface area contributed by atoms with Crippen molar-refractivity contribution >= 4 is 11.6 Å². The van der Waals surface area contributed by atoms with Crippen LogP contribution in [0.5, 0.6) is 5.75 Å². The number of H-pyrrole nitrogens is 1. The first-order valence-electron chi connectivity index (χ1n) is 8.19. The number of aryl methyl sites for hydroxylation is 1. The Labute approximate surface area is 152 Å². The molecule has 1 heterocycles. The molecule has 0 saturated carbocycles. The lowest BCUT2D eigenvalue weighted by molar-refractivity contribution is 0.301. The normalized spacial score (nSPS) is 12.1. The monoisotopic (exact) mass is 356 g/mol. The molecule has 25 heavy (non-hydrogen) atoms. The van der Waals surface area contributed by atoms with Crippen LogP contribution < -0.4 is 10.1 Å². The lowest BCUT2D eigenvalue weighted by atomic mass is 10.2. The van der Waals surface area contributed by atoms with Crippen molar-refractivity contribution in [2.24, 2.45) is 0 Å². The van der Waals surface area contributed by atoms with E-state index in [2.05, 4.69) is 26.6 Å². The van der Waals surface area contributed by atoms with Gasteiger partial charge in [-0.2, -0.15) is 5.10 Å². The largest absolute Gasteiger partial charge is 0.489 e. The fourth-order valence-corrected chi connectivity index (χ4v) is 2.57. The van der Waals surface area contributed by atoms with Crippen LogP contribution in [-0.4, -0.2) is 15.2 Å². The van der Waals surface area contributed by atoms with Crippen LogP contribution in [0.3, 0.4) is 0 Å². The van der Waals surface area contributed by atoms with Crippen molar-refractivity contribution in [2.75, 3.05) is 0 Å². The standard InChI is InChI=1S/C19H21ClN4O/c1-13(19-22-14(2)23-24-19)21-11-16-5-3-4-6-18(16)25-12-15-7-9-17(20)10-8-15/h3-10,13,21H,11-12H2,1-2H3,(H,22,23,24). The first-order valence-corrected chi connectivity index (χ1v) is 8.57. The van der Waals surface area contributed by atoms with Crippen molar-refractivity contribution in [3.8, 4) is 5.75 Å². The van der Waals surface area contributed by atoms with Crippen molar-refractivity contribution in [3.05, 3.63) is 76.3 Å². The number of hydrogen-bond donors (Lipinski definition) is 2. The molecule has 0 bridgehead atoms. The molecule has 0 spiro atoms. The van der Waals surface area contributed by atoms with Gasteiger partial charge in [0.2, 0.25) is 0 Å². The minimum Gasteiger partial charge on any atom is -0.489 e. The summed E-state index contributed by atoms with van der Waals surface area (Å²) in [6.07, 6.45) is 0. The van der Waals surface area contributed by atoms with Gasteiger partial charge in [-0.25, -0.2) is 4.98 Å². The Morgan fingerprint density at radius 1 is 1.16 bits per heavy atom. The third-order valence-electron chi connectivity index (χ3n) is 3.88. The molecule has 0 saturated heterocycles. The first kappa shape index (κ1) is 17.5. The zero-order valence-electron chi connectivity index (χ0n) is 14.3. The number of ether oxygens (including phenoxy) is 1. The van der Waals surface area contributed by atoms with E-state index < -0.39 is 0 Å². The SMILES string of the molecule is Cc1nc(C(C)NCc2ccccc2OCc2ccc(Cl)cc2)n[nH]1. The second kappa shape index (κ2) is 8.14. The molecule has 1 unspecified atom stereocenters. The van der Waals surface area contributed by atoms with Crippen molar-refractivity contribution in [3.63, 3.8) is 0 Å². The van der Waals surface area contributed by atoms with Gasteiger partial charge in [-0.1, -0.05) is 41.9 Å². The molecular formula is C19H21ClN4O. The summed E-state index contributed by atoms with van der Waals surface area (Å²) < 4.78 is 5.98. The van der Waals surface area contributed by atoms with Crippen LogP contribution in [0.25, 0.3) is 0 Å². The Morgan fingerprint density at radius 3 is 2.64 bits per heavy atom. The Balaban J connectivity index is 1.61. The molecule has 0 aliphatic carbocycles. The van der Waals surface area contributed by atoms with E-state index in [1.54, 1.807) is 0 Å². The van der Waals surface area contributed by atoms with Crippen LogP contribution in [0, 0.1) is 6.92 Å². The van der Waals surface area contributed by atoms with Gasteiger partial charge in [0.15, 0.2) is 5.82 Å². The van der Waals surface area contributed by atoms with Crippen LogP contribution in [0.4, 0.5) is 0 Å². The summed E-state index contributed by atoms with van der Waals surface area (Å²) in [6, 6.07) is 15.7. The number of benzene rings is 2. The molecule has 1 aromatic heterocycles. The smallest absolute Gasteiger partial charge is 0.167 e. The number of aromatic nitrogens is 3.